The fraction of sp³-hybridized carbons (Fsp3) is 0.273. The van der Waals surface area contributed by atoms with Gasteiger partial charge in [-0.05, 0) is 18.2 Å². The van der Waals surface area contributed by atoms with Crippen molar-refractivity contribution in [3.63, 3.8) is 0 Å². The highest BCUT2D eigenvalue weighted by Gasteiger charge is 2.08. The molecule has 0 bridgehead atoms. The summed E-state index contributed by atoms with van der Waals surface area (Å²) >= 11 is 0. The molecule has 1 heterocycles. The third kappa shape index (κ3) is 2.42. The molecule has 0 saturated heterocycles. The van der Waals surface area contributed by atoms with Crippen LogP contribution in [0.25, 0.3) is 11.3 Å². The lowest BCUT2D eigenvalue weighted by atomic mass is 10.1. The zero-order chi connectivity index (χ0) is 12.3. The van der Waals surface area contributed by atoms with Crippen LogP contribution in [0, 0.1) is 5.82 Å². The normalized spacial score (nSPS) is 10.5. The molecule has 0 radical (unpaired) electrons. The Balaban J connectivity index is 2.29. The number of methoxy groups -OCH3 is 1. The minimum absolute atomic E-state index is 0.211. The van der Waals surface area contributed by atoms with Crippen molar-refractivity contribution in [1.82, 2.24) is 15.0 Å². The Morgan fingerprint density at radius 2 is 2.29 bits per heavy atom. The summed E-state index contributed by atoms with van der Waals surface area (Å²) in [7, 11) is 1.43. The Morgan fingerprint density at radius 1 is 1.47 bits per heavy atom. The highest BCUT2D eigenvalue weighted by molar-refractivity contribution is 5.59. The van der Waals surface area contributed by atoms with Crippen LogP contribution in [0.1, 0.15) is 0 Å². The molecule has 5 nitrogen and oxygen atoms in total. The summed E-state index contributed by atoms with van der Waals surface area (Å²) in [5.74, 6) is -0.207. The average Bonchev–Trinajstić information content (AvgIpc) is 2.78. The molecule has 1 aromatic carbocycles. The van der Waals surface area contributed by atoms with E-state index in [-0.39, 0.29) is 5.75 Å². The lowest BCUT2D eigenvalue weighted by Gasteiger charge is -2.02. The number of rotatable bonds is 4. The molecule has 2 N–H and O–H groups in total. The van der Waals surface area contributed by atoms with Gasteiger partial charge in [0.1, 0.15) is 5.69 Å². The molecule has 2 rings (SSSR count). The quantitative estimate of drug-likeness (QED) is 0.861. The topological polar surface area (TPSA) is 66.0 Å². The molecule has 0 aliphatic carbocycles. The molecule has 17 heavy (non-hydrogen) atoms. The van der Waals surface area contributed by atoms with Gasteiger partial charge in [0.2, 0.25) is 0 Å². The largest absolute Gasteiger partial charge is 0.494 e. The first-order valence-electron chi connectivity index (χ1n) is 5.18. The second-order valence-corrected chi connectivity index (χ2v) is 3.50. The predicted molar refractivity (Wildman–Crippen MR) is 61.0 cm³/mol. The average molecular weight is 236 g/mol. The van der Waals surface area contributed by atoms with Gasteiger partial charge in [-0.2, -0.15) is 0 Å². The van der Waals surface area contributed by atoms with Crippen molar-refractivity contribution in [2.45, 2.75) is 6.54 Å². The molecular weight excluding hydrogens is 223 g/mol. The highest BCUT2D eigenvalue weighted by Crippen LogP contribution is 2.23. The van der Waals surface area contributed by atoms with Gasteiger partial charge in [-0.1, -0.05) is 5.21 Å². The van der Waals surface area contributed by atoms with Crippen LogP contribution < -0.4 is 10.5 Å². The van der Waals surface area contributed by atoms with E-state index in [1.807, 2.05) is 0 Å². The highest BCUT2D eigenvalue weighted by atomic mass is 19.1. The van der Waals surface area contributed by atoms with Gasteiger partial charge in [0.15, 0.2) is 11.6 Å². The molecule has 0 aliphatic rings. The van der Waals surface area contributed by atoms with E-state index in [9.17, 15) is 4.39 Å². The number of benzene rings is 1. The first-order valence-corrected chi connectivity index (χ1v) is 5.18. The Hall–Kier alpha value is -1.95. The van der Waals surface area contributed by atoms with E-state index in [4.69, 9.17) is 10.5 Å². The van der Waals surface area contributed by atoms with Crippen molar-refractivity contribution in [2.24, 2.45) is 5.73 Å². The third-order valence-corrected chi connectivity index (χ3v) is 2.34. The fourth-order valence-electron chi connectivity index (χ4n) is 1.50. The number of hydrogen-bond acceptors (Lipinski definition) is 4. The van der Waals surface area contributed by atoms with Gasteiger partial charge in [-0.25, -0.2) is 4.39 Å². The zero-order valence-electron chi connectivity index (χ0n) is 9.43. The predicted octanol–water partition coefficient (Wildman–Crippen LogP) is 1.05. The molecule has 2 aromatic rings. The molecule has 0 atom stereocenters. The van der Waals surface area contributed by atoms with Crippen molar-refractivity contribution < 1.29 is 9.13 Å². The molecule has 0 saturated carbocycles. The van der Waals surface area contributed by atoms with Crippen LogP contribution in [0.3, 0.4) is 0 Å². The summed E-state index contributed by atoms with van der Waals surface area (Å²) in [4.78, 5) is 0. The standard InChI is InChI=1S/C11H13FN4O/c1-17-11-3-2-8(6-9(11)12)10-7-16(5-4-13)15-14-10/h2-3,6-7H,4-5,13H2,1H3. The van der Waals surface area contributed by atoms with Gasteiger partial charge in [-0.3, -0.25) is 4.68 Å². The van der Waals surface area contributed by atoms with E-state index in [0.717, 1.165) is 0 Å². The van der Waals surface area contributed by atoms with Gasteiger partial charge in [0, 0.05) is 12.1 Å². The Morgan fingerprint density at radius 3 is 2.94 bits per heavy atom. The lowest BCUT2D eigenvalue weighted by Crippen LogP contribution is -2.10. The smallest absolute Gasteiger partial charge is 0.165 e. The van der Waals surface area contributed by atoms with Crippen molar-refractivity contribution in [2.75, 3.05) is 13.7 Å². The maximum atomic E-state index is 13.5. The minimum atomic E-state index is -0.418. The molecule has 0 spiro atoms. The van der Waals surface area contributed by atoms with Crippen molar-refractivity contribution in [3.05, 3.63) is 30.2 Å². The fourth-order valence-corrected chi connectivity index (χ4v) is 1.50. The Labute approximate surface area is 98.0 Å². The van der Waals surface area contributed by atoms with Gasteiger partial charge in [0.05, 0.1) is 19.9 Å². The number of hydrogen-bond donors (Lipinski definition) is 1. The van der Waals surface area contributed by atoms with Crippen molar-refractivity contribution in [1.29, 1.82) is 0 Å². The van der Waals surface area contributed by atoms with E-state index in [1.54, 1.807) is 23.0 Å². The summed E-state index contributed by atoms with van der Waals surface area (Å²) in [6, 6.07) is 4.67. The van der Waals surface area contributed by atoms with E-state index >= 15 is 0 Å². The summed E-state index contributed by atoms with van der Waals surface area (Å²) in [6.07, 6.45) is 1.73. The van der Waals surface area contributed by atoms with Crippen molar-refractivity contribution in [3.8, 4) is 17.0 Å². The number of halogens is 1. The summed E-state index contributed by atoms with van der Waals surface area (Å²) in [5.41, 5.74) is 6.68. The van der Waals surface area contributed by atoms with Crippen LogP contribution in [0.15, 0.2) is 24.4 Å². The maximum absolute atomic E-state index is 13.5. The number of aromatic nitrogens is 3. The Bertz CT molecular complexity index is 512. The lowest BCUT2D eigenvalue weighted by molar-refractivity contribution is 0.386. The second-order valence-electron chi connectivity index (χ2n) is 3.50. The first-order chi connectivity index (χ1) is 8.24. The monoisotopic (exact) mass is 236 g/mol. The van der Waals surface area contributed by atoms with E-state index < -0.39 is 5.82 Å². The van der Waals surface area contributed by atoms with E-state index in [1.165, 1.54) is 13.2 Å². The second kappa shape index (κ2) is 4.92. The molecule has 90 valence electrons. The van der Waals surface area contributed by atoms with Crippen molar-refractivity contribution >= 4 is 0 Å². The van der Waals surface area contributed by atoms with Crippen LogP contribution in [-0.4, -0.2) is 28.6 Å². The van der Waals surface area contributed by atoms with Crippen LogP contribution in [-0.2, 0) is 6.54 Å². The maximum Gasteiger partial charge on any atom is 0.165 e. The van der Waals surface area contributed by atoms with Gasteiger partial charge < -0.3 is 10.5 Å². The summed E-state index contributed by atoms with van der Waals surface area (Å²) in [6.45, 7) is 1.07. The molecule has 0 fully saturated rings. The van der Waals surface area contributed by atoms with E-state index in [2.05, 4.69) is 10.3 Å². The summed E-state index contributed by atoms with van der Waals surface area (Å²) in [5, 5.41) is 7.84. The molecule has 0 aliphatic heterocycles. The summed E-state index contributed by atoms with van der Waals surface area (Å²) < 4.78 is 20.0. The SMILES string of the molecule is COc1ccc(-c2cn(CCN)nn2)cc1F. The number of ether oxygens (including phenoxy) is 1. The number of nitrogens with two attached hydrogens (primary N) is 1. The molecule has 0 amide bonds. The molecule has 6 heteroatoms. The van der Waals surface area contributed by atoms with E-state index in [0.29, 0.717) is 24.3 Å². The van der Waals surface area contributed by atoms with Gasteiger partial charge >= 0.3 is 0 Å². The first kappa shape index (κ1) is 11.5. The minimum Gasteiger partial charge on any atom is -0.494 e. The van der Waals surface area contributed by atoms with Crippen LogP contribution in [0.4, 0.5) is 4.39 Å². The Kier molecular flexibility index (Phi) is 3.34. The van der Waals surface area contributed by atoms with Crippen LogP contribution >= 0.6 is 0 Å². The van der Waals surface area contributed by atoms with Crippen LogP contribution in [0.2, 0.25) is 0 Å². The van der Waals surface area contributed by atoms with Gasteiger partial charge in [-0.15, -0.1) is 5.10 Å². The van der Waals surface area contributed by atoms with Gasteiger partial charge in [0.25, 0.3) is 0 Å². The molecule has 0 unspecified atom stereocenters. The van der Waals surface area contributed by atoms with Crippen LogP contribution in [0.5, 0.6) is 5.75 Å². The zero-order valence-corrected chi connectivity index (χ0v) is 9.43. The molecular formula is C11H13FN4O. The third-order valence-electron chi connectivity index (χ3n) is 2.34. The molecule has 1 aromatic heterocycles. The number of nitrogens with zero attached hydrogens (tertiary/aromatic N) is 3.